The summed E-state index contributed by atoms with van der Waals surface area (Å²) in [6.07, 6.45) is 6.76. The molecular formula is C30H43N3O2. The van der Waals surface area contributed by atoms with Gasteiger partial charge in [-0.05, 0) is 94.9 Å². The summed E-state index contributed by atoms with van der Waals surface area (Å²) in [6, 6.07) is 19.2. The van der Waals surface area contributed by atoms with Gasteiger partial charge < -0.3 is 15.3 Å². The van der Waals surface area contributed by atoms with Crippen LogP contribution in [0.4, 0.5) is 0 Å². The van der Waals surface area contributed by atoms with Crippen molar-refractivity contribution in [1.29, 1.82) is 0 Å². The molecule has 4 atom stereocenters. The number of hydrogen-bond donors (Lipinski definition) is 2. The molecule has 1 aliphatic carbocycles. The monoisotopic (exact) mass is 477 g/mol. The van der Waals surface area contributed by atoms with Crippen molar-refractivity contribution in [2.75, 3.05) is 33.7 Å². The zero-order chi connectivity index (χ0) is 24.8. The largest absolute Gasteiger partial charge is 0.508 e. The topological polar surface area (TPSA) is 55.8 Å². The van der Waals surface area contributed by atoms with Gasteiger partial charge >= 0.3 is 0 Å². The van der Waals surface area contributed by atoms with Crippen LogP contribution in [0.5, 0.6) is 5.75 Å². The number of amides is 1. The second-order valence-corrected chi connectivity index (χ2v) is 11.2. The molecule has 190 valence electrons. The molecule has 5 nitrogen and oxygen atoms in total. The van der Waals surface area contributed by atoms with E-state index in [-0.39, 0.29) is 17.4 Å². The highest BCUT2D eigenvalue weighted by atomic mass is 16.3. The second-order valence-electron chi connectivity index (χ2n) is 11.2. The van der Waals surface area contributed by atoms with Gasteiger partial charge in [-0.1, -0.05) is 49.4 Å². The lowest BCUT2D eigenvalue weighted by Crippen LogP contribution is -2.61. The maximum Gasteiger partial charge on any atom is 0.220 e. The Morgan fingerprint density at radius 1 is 1.11 bits per heavy atom. The van der Waals surface area contributed by atoms with Crippen LogP contribution in [-0.4, -0.2) is 66.6 Å². The molecule has 1 saturated heterocycles. The van der Waals surface area contributed by atoms with Crippen LogP contribution in [0.3, 0.4) is 0 Å². The second kappa shape index (κ2) is 11.6. The van der Waals surface area contributed by atoms with Crippen molar-refractivity contribution in [3.8, 4) is 5.75 Å². The van der Waals surface area contributed by atoms with Crippen LogP contribution in [0.15, 0.2) is 54.6 Å². The quantitative estimate of drug-likeness (QED) is 0.525. The minimum Gasteiger partial charge on any atom is -0.508 e. The van der Waals surface area contributed by atoms with Crippen LogP contribution in [-0.2, 0) is 16.6 Å². The number of rotatable bonds is 10. The summed E-state index contributed by atoms with van der Waals surface area (Å²) < 4.78 is 0. The Hall–Kier alpha value is -2.37. The lowest BCUT2D eigenvalue weighted by molar-refractivity contribution is -0.123. The smallest absolute Gasteiger partial charge is 0.220 e. The lowest BCUT2D eigenvalue weighted by atomic mass is 9.57. The molecule has 35 heavy (non-hydrogen) atoms. The first kappa shape index (κ1) is 25.7. The predicted molar refractivity (Wildman–Crippen MR) is 143 cm³/mol. The van der Waals surface area contributed by atoms with Gasteiger partial charge in [-0.15, -0.1) is 0 Å². The Kier molecular flexibility index (Phi) is 8.51. The van der Waals surface area contributed by atoms with Gasteiger partial charge in [-0.3, -0.25) is 9.69 Å². The normalized spacial score (nSPS) is 26.6. The van der Waals surface area contributed by atoms with Crippen molar-refractivity contribution in [1.82, 2.24) is 15.1 Å². The summed E-state index contributed by atoms with van der Waals surface area (Å²) in [7, 11) is 4.10. The van der Waals surface area contributed by atoms with E-state index in [1.54, 1.807) is 6.07 Å². The van der Waals surface area contributed by atoms with Gasteiger partial charge in [0.05, 0.1) is 0 Å². The van der Waals surface area contributed by atoms with Crippen LogP contribution in [0.2, 0.25) is 0 Å². The highest BCUT2D eigenvalue weighted by Gasteiger charge is 2.51. The maximum absolute atomic E-state index is 12.8. The zero-order valence-corrected chi connectivity index (χ0v) is 21.7. The third-order valence-electron chi connectivity index (χ3n) is 8.28. The number of benzene rings is 2. The summed E-state index contributed by atoms with van der Waals surface area (Å²) in [4.78, 5) is 17.6. The first-order chi connectivity index (χ1) is 16.9. The summed E-state index contributed by atoms with van der Waals surface area (Å²) in [6.45, 7) is 5.45. The maximum atomic E-state index is 12.8. The van der Waals surface area contributed by atoms with Crippen LogP contribution >= 0.6 is 0 Å². The molecule has 1 aliphatic heterocycles. The molecule has 0 radical (unpaired) electrons. The van der Waals surface area contributed by atoms with Crippen LogP contribution < -0.4 is 5.32 Å². The van der Waals surface area contributed by atoms with Crippen molar-refractivity contribution >= 4 is 5.91 Å². The molecule has 2 fully saturated rings. The number of aryl methyl sites for hydroxylation is 1. The lowest BCUT2D eigenvalue weighted by Gasteiger charge is -2.56. The van der Waals surface area contributed by atoms with Crippen molar-refractivity contribution < 1.29 is 9.90 Å². The number of carbonyl (C=O) groups is 1. The number of piperidine rings is 1. The molecule has 3 unspecified atom stereocenters. The van der Waals surface area contributed by atoms with Crippen LogP contribution in [0.1, 0.15) is 56.6 Å². The molecule has 1 heterocycles. The Bertz CT molecular complexity index is 963. The van der Waals surface area contributed by atoms with E-state index in [2.05, 4.69) is 58.4 Å². The van der Waals surface area contributed by atoms with Gasteiger partial charge in [-0.25, -0.2) is 0 Å². The number of nitrogens with one attached hydrogen (secondary N) is 1. The van der Waals surface area contributed by atoms with Crippen molar-refractivity contribution in [2.45, 2.75) is 69.4 Å². The minimum absolute atomic E-state index is 0.0147. The molecule has 4 rings (SSSR count). The summed E-state index contributed by atoms with van der Waals surface area (Å²) >= 11 is 0. The fraction of sp³-hybridized carbons (Fsp3) is 0.567. The molecule has 1 amide bonds. The highest BCUT2D eigenvalue weighted by Crippen LogP contribution is 2.50. The SMILES string of the molecule is CC1CN(CCCc2ccccc2)C2CC(NC(=O)CCCN(C)C)C[C@]1(c1cccc(O)c1)C2. The van der Waals surface area contributed by atoms with Gasteiger partial charge in [0.1, 0.15) is 5.75 Å². The molecule has 0 spiro atoms. The number of phenols is 1. The molecule has 2 aromatic carbocycles. The van der Waals surface area contributed by atoms with E-state index in [1.807, 2.05) is 26.2 Å². The van der Waals surface area contributed by atoms with Gasteiger partial charge in [0.25, 0.3) is 0 Å². The highest BCUT2D eigenvalue weighted by molar-refractivity contribution is 5.76. The predicted octanol–water partition coefficient (Wildman–Crippen LogP) is 4.59. The van der Waals surface area contributed by atoms with E-state index < -0.39 is 0 Å². The van der Waals surface area contributed by atoms with Crippen molar-refractivity contribution in [2.24, 2.45) is 5.92 Å². The third kappa shape index (κ3) is 6.45. The molecule has 5 heteroatoms. The van der Waals surface area contributed by atoms with Gasteiger partial charge in [0.2, 0.25) is 5.91 Å². The van der Waals surface area contributed by atoms with Gasteiger partial charge in [-0.2, -0.15) is 0 Å². The standard InChI is InChI=1S/C30H43N3O2/c1-23-22-33(17-8-12-24-10-5-4-6-11-24)27-19-26(31-29(35)15-9-16-32(2)3)20-30(23,21-27)25-13-7-14-28(34)18-25/h4-7,10-11,13-14,18,23,26-27,34H,8-9,12,15-17,19-22H2,1-3H3,(H,31,35)/t23?,26?,27?,30-/m0/s1. The molecule has 2 N–H and O–H groups in total. The van der Waals surface area contributed by atoms with Gasteiger partial charge in [0.15, 0.2) is 0 Å². The molecule has 2 bridgehead atoms. The fourth-order valence-electron chi connectivity index (χ4n) is 6.50. The number of hydrogen-bond acceptors (Lipinski definition) is 4. The van der Waals surface area contributed by atoms with Crippen LogP contribution in [0.25, 0.3) is 0 Å². The Labute approximate surface area is 211 Å². The number of likely N-dealkylation sites (tertiary alicyclic amines) is 1. The summed E-state index contributed by atoms with van der Waals surface area (Å²) in [5.41, 5.74) is 2.61. The molecule has 0 aromatic heterocycles. The van der Waals surface area contributed by atoms with Crippen LogP contribution in [0, 0.1) is 5.92 Å². The first-order valence-corrected chi connectivity index (χ1v) is 13.4. The molecule has 2 aliphatic rings. The van der Waals surface area contributed by atoms with E-state index >= 15 is 0 Å². The number of phenolic OH excluding ortho intramolecular Hbond substituents is 1. The fourth-order valence-corrected chi connectivity index (χ4v) is 6.50. The van der Waals surface area contributed by atoms with Crippen molar-refractivity contribution in [3.05, 3.63) is 65.7 Å². The average molecular weight is 478 g/mol. The molecule has 2 aromatic rings. The number of aromatic hydroxyl groups is 1. The van der Waals surface area contributed by atoms with E-state index in [0.29, 0.717) is 24.1 Å². The number of nitrogens with zero attached hydrogens (tertiary/aromatic N) is 2. The molecule has 1 saturated carbocycles. The first-order valence-electron chi connectivity index (χ1n) is 13.4. The van der Waals surface area contributed by atoms with E-state index in [9.17, 15) is 9.90 Å². The van der Waals surface area contributed by atoms with Gasteiger partial charge in [0, 0.05) is 30.5 Å². The Morgan fingerprint density at radius 2 is 1.91 bits per heavy atom. The average Bonchev–Trinajstić information content (AvgIpc) is 2.82. The Balaban J connectivity index is 1.48. The van der Waals surface area contributed by atoms with E-state index in [4.69, 9.17) is 0 Å². The zero-order valence-electron chi connectivity index (χ0n) is 21.7. The minimum atomic E-state index is -0.0147. The summed E-state index contributed by atoms with van der Waals surface area (Å²) in [5, 5.41) is 13.7. The van der Waals surface area contributed by atoms with E-state index in [0.717, 1.165) is 58.2 Å². The molecular weight excluding hydrogens is 434 g/mol. The summed E-state index contributed by atoms with van der Waals surface area (Å²) in [5.74, 6) is 0.956. The number of fused-ring (bicyclic) bond motifs is 2. The van der Waals surface area contributed by atoms with Crippen molar-refractivity contribution in [3.63, 3.8) is 0 Å². The van der Waals surface area contributed by atoms with E-state index in [1.165, 1.54) is 11.1 Å². The number of carbonyl (C=O) groups excluding carboxylic acids is 1. The Morgan fingerprint density at radius 3 is 2.66 bits per heavy atom. The third-order valence-corrected chi connectivity index (χ3v) is 8.28.